The zero-order valence-electron chi connectivity index (χ0n) is 16.7. The number of nitrogens with zero attached hydrogens (tertiary/aromatic N) is 1. The number of methoxy groups -OCH3 is 1. The fourth-order valence-electron chi connectivity index (χ4n) is 3.18. The van der Waals surface area contributed by atoms with Gasteiger partial charge in [-0.2, -0.15) is 0 Å². The summed E-state index contributed by atoms with van der Waals surface area (Å²) in [6, 6.07) is 12.8. The Morgan fingerprint density at radius 1 is 1.21 bits per heavy atom. The van der Waals surface area contributed by atoms with E-state index in [1.807, 2.05) is 30.3 Å². The van der Waals surface area contributed by atoms with E-state index in [4.69, 9.17) is 9.47 Å². The fraction of sp³-hybridized carbons (Fsp3) is 0.364. The third kappa shape index (κ3) is 4.44. The molecule has 3 rings (SSSR count). The minimum Gasteiger partial charge on any atom is -0.497 e. The molecule has 0 saturated carbocycles. The topological polar surface area (TPSA) is 67.9 Å². The van der Waals surface area contributed by atoms with Crippen molar-refractivity contribution < 1.29 is 19.1 Å². The molecule has 6 heteroatoms. The molecule has 1 aliphatic heterocycles. The van der Waals surface area contributed by atoms with E-state index in [1.165, 1.54) is 0 Å². The monoisotopic (exact) mass is 382 g/mol. The fourth-order valence-corrected chi connectivity index (χ4v) is 3.18. The molecule has 0 bridgehead atoms. The van der Waals surface area contributed by atoms with E-state index in [0.717, 1.165) is 17.0 Å². The second-order valence-corrected chi connectivity index (χ2v) is 7.36. The molecule has 28 heavy (non-hydrogen) atoms. The van der Waals surface area contributed by atoms with Crippen LogP contribution in [0.15, 0.2) is 42.5 Å². The molecule has 1 N–H and O–H groups in total. The molecule has 0 fully saturated rings. The van der Waals surface area contributed by atoms with Crippen molar-refractivity contribution in [3.8, 4) is 11.5 Å². The molecular formula is C22H26N2O4. The normalized spacial score (nSPS) is 15.8. The van der Waals surface area contributed by atoms with Crippen molar-refractivity contribution in [2.45, 2.75) is 33.3 Å². The maximum Gasteiger partial charge on any atom is 0.267 e. The van der Waals surface area contributed by atoms with E-state index >= 15 is 0 Å². The number of rotatable bonds is 6. The summed E-state index contributed by atoms with van der Waals surface area (Å²) in [5.74, 6) is 1.54. The van der Waals surface area contributed by atoms with Crippen LogP contribution >= 0.6 is 0 Å². The molecule has 1 aliphatic rings. The number of hydrogen-bond donors (Lipinski definition) is 1. The summed E-state index contributed by atoms with van der Waals surface area (Å²) in [7, 11) is 1.61. The molecule has 6 nitrogen and oxygen atoms in total. The van der Waals surface area contributed by atoms with Gasteiger partial charge in [-0.15, -0.1) is 0 Å². The standard InChI is InChI=1S/C22H26N2O4/c1-14(2)13-24-19-10-7-17(12-20(19)28-15(3)22(24)26)23-21(25)11-16-5-8-18(27-4)9-6-16/h5-10,12,14-15H,11,13H2,1-4H3,(H,23,25). The van der Waals surface area contributed by atoms with E-state index in [2.05, 4.69) is 19.2 Å². The smallest absolute Gasteiger partial charge is 0.267 e. The first-order chi connectivity index (χ1) is 13.4. The average Bonchev–Trinajstić information content (AvgIpc) is 2.65. The van der Waals surface area contributed by atoms with Crippen LogP contribution in [0.1, 0.15) is 26.3 Å². The Morgan fingerprint density at radius 2 is 1.93 bits per heavy atom. The van der Waals surface area contributed by atoms with Crippen molar-refractivity contribution in [3.63, 3.8) is 0 Å². The van der Waals surface area contributed by atoms with Crippen LogP contribution < -0.4 is 19.7 Å². The molecule has 1 atom stereocenters. The average molecular weight is 382 g/mol. The first kappa shape index (κ1) is 19.7. The molecule has 148 valence electrons. The quantitative estimate of drug-likeness (QED) is 0.828. The Labute approximate surface area is 165 Å². The van der Waals surface area contributed by atoms with E-state index in [-0.39, 0.29) is 18.2 Å². The van der Waals surface area contributed by atoms with E-state index in [1.54, 1.807) is 31.1 Å². The highest BCUT2D eigenvalue weighted by molar-refractivity contribution is 6.00. The second-order valence-electron chi connectivity index (χ2n) is 7.36. The molecule has 2 aromatic carbocycles. The van der Waals surface area contributed by atoms with Crippen molar-refractivity contribution in [1.29, 1.82) is 0 Å². The van der Waals surface area contributed by atoms with Crippen molar-refractivity contribution >= 4 is 23.2 Å². The van der Waals surface area contributed by atoms with Gasteiger partial charge in [0.2, 0.25) is 5.91 Å². The number of carbonyl (C=O) groups is 2. The van der Waals surface area contributed by atoms with E-state index < -0.39 is 6.10 Å². The van der Waals surface area contributed by atoms with Crippen LogP contribution in [0.5, 0.6) is 11.5 Å². The van der Waals surface area contributed by atoms with Crippen molar-refractivity contribution in [2.75, 3.05) is 23.9 Å². The van der Waals surface area contributed by atoms with E-state index in [9.17, 15) is 9.59 Å². The Bertz CT molecular complexity index is 861. The van der Waals surface area contributed by atoms with Gasteiger partial charge in [0.15, 0.2) is 6.10 Å². The number of fused-ring (bicyclic) bond motifs is 1. The molecule has 0 aromatic heterocycles. The number of benzene rings is 2. The highest BCUT2D eigenvalue weighted by Gasteiger charge is 2.31. The third-order valence-electron chi connectivity index (χ3n) is 4.52. The van der Waals surface area contributed by atoms with Crippen LogP contribution in [0.4, 0.5) is 11.4 Å². The van der Waals surface area contributed by atoms with Crippen LogP contribution in [0.2, 0.25) is 0 Å². The van der Waals surface area contributed by atoms with Gasteiger partial charge >= 0.3 is 0 Å². The Hall–Kier alpha value is -3.02. The van der Waals surface area contributed by atoms with Gasteiger partial charge in [-0.1, -0.05) is 26.0 Å². The van der Waals surface area contributed by atoms with Crippen LogP contribution in [0.25, 0.3) is 0 Å². The lowest BCUT2D eigenvalue weighted by molar-refractivity contribution is -0.125. The minimum absolute atomic E-state index is 0.0440. The van der Waals surface area contributed by atoms with Gasteiger partial charge in [-0.05, 0) is 42.7 Å². The zero-order valence-corrected chi connectivity index (χ0v) is 16.7. The van der Waals surface area contributed by atoms with Crippen LogP contribution in [-0.2, 0) is 16.0 Å². The number of ether oxygens (including phenoxy) is 2. The molecule has 0 spiro atoms. The number of amides is 2. The van der Waals surface area contributed by atoms with Gasteiger partial charge in [0, 0.05) is 18.3 Å². The SMILES string of the molecule is COc1ccc(CC(=O)Nc2ccc3c(c2)OC(C)C(=O)N3CC(C)C)cc1. The summed E-state index contributed by atoms with van der Waals surface area (Å²) in [6.45, 7) is 6.51. The Balaban J connectivity index is 1.72. The summed E-state index contributed by atoms with van der Waals surface area (Å²) >= 11 is 0. The van der Waals surface area contributed by atoms with Gasteiger partial charge in [0.25, 0.3) is 5.91 Å². The molecule has 0 saturated heterocycles. The first-order valence-corrected chi connectivity index (χ1v) is 9.42. The Kier molecular flexibility index (Phi) is 5.87. The van der Waals surface area contributed by atoms with Crippen LogP contribution in [0.3, 0.4) is 0 Å². The summed E-state index contributed by atoms with van der Waals surface area (Å²) < 4.78 is 10.9. The summed E-state index contributed by atoms with van der Waals surface area (Å²) in [5.41, 5.74) is 2.28. The minimum atomic E-state index is -0.545. The maximum atomic E-state index is 12.5. The van der Waals surface area contributed by atoms with Crippen LogP contribution in [0, 0.1) is 5.92 Å². The number of nitrogens with one attached hydrogen (secondary N) is 1. The summed E-state index contributed by atoms with van der Waals surface area (Å²) in [6.07, 6.45) is -0.285. The predicted molar refractivity (Wildman–Crippen MR) is 109 cm³/mol. The molecule has 0 radical (unpaired) electrons. The Morgan fingerprint density at radius 3 is 2.57 bits per heavy atom. The maximum absolute atomic E-state index is 12.5. The van der Waals surface area contributed by atoms with Crippen molar-refractivity contribution in [1.82, 2.24) is 0 Å². The van der Waals surface area contributed by atoms with Gasteiger partial charge in [-0.3, -0.25) is 9.59 Å². The molecule has 1 heterocycles. The number of anilines is 2. The number of carbonyl (C=O) groups excluding carboxylic acids is 2. The lowest BCUT2D eigenvalue weighted by atomic mass is 10.1. The molecule has 2 amide bonds. The highest BCUT2D eigenvalue weighted by Crippen LogP contribution is 2.36. The van der Waals surface area contributed by atoms with Gasteiger partial charge in [0.1, 0.15) is 11.5 Å². The second kappa shape index (κ2) is 8.33. The molecule has 2 aromatic rings. The lowest BCUT2D eigenvalue weighted by Crippen LogP contribution is -2.46. The molecule has 0 aliphatic carbocycles. The van der Waals surface area contributed by atoms with Crippen LogP contribution in [-0.4, -0.2) is 31.6 Å². The summed E-state index contributed by atoms with van der Waals surface area (Å²) in [5, 5.41) is 2.90. The molecular weight excluding hydrogens is 356 g/mol. The van der Waals surface area contributed by atoms with Crippen molar-refractivity contribution in [3.05, 3.63) is 48.0 Å². The zero-order chi connectivity index (χ0) is 20.3. The summed E-state index contributed by atoms with van der Waals surface area (Å²) in [4.78, 5) is 26.6. The van der Waals surface area contributed by atoms with Gasteiger partial charge < -0.3 is 19.7 Å². The number of hydrogen-bond acceptors (Lipinski definition) is 4. The van der Waals surface area contributed by atoms with Gasteiger partial charge in [0.05, 0.1) is 19.2 Å². The predicted octanol–water partition coefficient (Wildman–Crippen LogP) is 3.65. The lowest BCUT2D eigenvalue weighted by Gasteiger charge is -2.34. The third-order valence-corrected chi connectivity index (χ3v) is 4.52. The highest BCUT2D eigenvalue weighted by atomic mass is 16.5. The first-order valence-electron chi connectivity index (χ1n) is 9.42. The van der Waals surface area contributed by atoms with E-state index in [0.29, 0.717) is 23.9 Å². The molecule has 1 unspecified atom stereocenters. The largest absolute Gasteiger partial charge is 0.497 e. The van der Waals surface area contributed by atoms with Gasteiger partial charge in [-0.25, -0.2) is 0 Å². The van der Waals surface area contributed by atoms with Crippen molar-refractivity contribution in [2.24, 2.45) is 5.92 Å².